The summed E-state index contributed by atoms with van der Waals surface area (Å²) in [5, 5.41) is 0. The second-order valence-corrected chi connectivity index (χ2v) is 7.22. The molecular formula is C12H16ClNO4S. The maximum absolute atomic E-state index is 12.0. The van der Waals surface area contributed by atoms with Gasteiger partial charge in [0.2, 0.25) is 0 Å². The molecule has 0 N–H and O–H groups in total. The molecule has 0 atom stereocenters. The lowest BCUT2D eigenvalue weighted by atomic mass is 9.96. The van der Waals surface area contributed by atoms with Gasteiger partial charge in [-0.3, -0.25) is 0 Å². The zero-order valence-electron chi connectivity index (χ0n) is 10.6. The number of hydrogen-bond acceptors (Lipinski definition) is 4. The number of nitrogens with zero attached hydrogens (tertiary/aromatic N) is 1. The zero-order chi connectivity index (χ0) is 14.0. The van der Waals surface area contributed by atoms with Gasteiger partial charge >= 0.3 is 5.97 Å². The average molecular weight is 306 g/mol. The van der Waals surface area contributed by atoms with E-state index in [0.717, 1.165) is 25.7 Å². The molecule has 0 aliphatic heterocycles. The maximum atomic E-state index is 12.0. The molecule has 0 spiro atoms. The first kappa shape index (κ1) is 14.4. The third-order valence-electron chi connectivity index (χ3n) is 3.15. The zero-order valence-corrected chi connectivity index (χ0v) is 12.2. The molecule has 0 aromatic carbocycles. The van der Waals surface area contributed by atoms with Gasteiger partial charge in [0.15, 0.2) is 0 Å². The normalized spacial score (nSPS) is 16.1. The number of aryl methyl sites for hydroxylation is 1. The van der Waals surface area contributed by atoms with Crippen LogP contribution in [-0.4, -0.2) is 25.1 Å². The van der Waals surface area contributed by atoms with Crippen LogP contribution >= 0.6 is 10.7 Å². The highest BCUT2D eigenvalue weighted by atomic mass is 35.7. The van der Waals surface area contributed by atoms with E-state index in [-0.39, 0.29) is 16.7 Å². The van der Waals surface area contributed by atoms with Crippen molar-refractivity contribution in [2.75, 3.05) is 0 Å². The van der Waals surface area contributed by atoms with E-state index in [1.807, 2.05) is 6.92 Å². The highest BCUT2D eigenvalue weighted by molar-refractivity contribution is 8.13. The second kappa shape index (κ2) is 5.54. The van der Waals surface area contributed by atoms with Crippen LogP contribution in [0.3, 0.4) is 0 Å². The number of hydrogen-bond donors (Lipinski definition) is 0. The maximum Gasteiger partial charge on any atom is 0.355 e. The number of esters is 1. The quantitative estimate of drug-likeness (QED) is 0.619. The molecule has 1 aliphatic carbocycles. The van der Waals surface area contributed by atoms with Gasteiger partial charge in [-0.1, -0.05) is 6.92 Å². The van der Waals surface area contributed by atoms with E-state index in [9.17, 15) is 13.2 Å². The summed E-state index contributed by atoms with van der Waals surface area (Å²) in [6, 6.07) is 1.28. The Labute approximate surface area is 116 Å². The molecule has 106 valence electrons. The largest absolute Gasteiger partial charge is 0.458 e. The van der Waals surface area contributed by atoms with Gasteiger partial charge in [-0.15, -0.1) is 0 Å². The number of carbonyl (C=O) groups excluding carboxylic acids is 1. The Morgan fingerprint density at radius 2 is 2.21 bits per heavy atom. The second-order valence-electron chi connectivity index (χ2n) is 4.65. The molecular weight excluding hydrogens is 290 g/mol. The molecule has 0 radical (unpaired) electrons. The van der Waals surface area contributed by atoms with E-state index in [0.29, 0.717) is 6.54 Å². The van der Waals surface area contributed by atoms with Gasteiger partial charge in [0.25, 0.3) is 9.05 Å². The van der Waals surface area contributed by atoms with Crippen LogP contribution in [0.2, 0.25) is 0 Å². The topological polar surface area (TPSA) is 65.4 Å². The van der Waals surface area contributed by atoms with Crippen LogP contribution in [0.4, 0.5) is 0 Å². The van der Waals surface area contributed by atoms with Crippen molar-refractivity contribution in [2.24, 2.45) is 0 Å². The first-order valence-corrected chi connectivity index (χ1v) is 8.58. The number of aromatic nitrogens is 1. The van der Waals surface area contributed by atoms with Crippen molar-refractivity contribution in [3.63, 3.8) is 0 Å². The number of ether oxygens (including phenoxy) is 1. The fourth-order valence-electron chi connectivity index (χ4n) is 1.91. The molecule has 1 heterocycles. The van der Waals surface area contributed by atoms with Crippen molar-refractivity contribution in [3.8, 4) is 0 Å². The van der Waals surface area contributed by atoms with Gasteiger partial charge in [-0.25, -0.2) is 13.2 Å². The molecule has 2 rings (SSSR count). The first-order chi connectivity index (χ1) is 8.91. The molecule has 5 nitrogen and oxygen atoms in total. The highest BCUT2D eigenvalue weighted by Crippen LogP contribution is 2.25. The summed E-state index contributed by atoms with van der Waals surface area (Å²) < 4.78 is 29.5. The predicted molar refractivity (Wildman–Crippen MR) is 70.8 cm³/mol. The van der Waals surface area contributed by atoms with Crippen LogP contribution in [0, 0.1) is 0 Å². The van der Waals surface area contributed by atoms with E-state index < -0.39 is 15.0 Å². The van der Waals surface area contributed by atoms with Gasteiger partial charge in [0.1, 0.15) is 16.7 Å². The van der Waals surface area contributed by atoms with Gasteiger partial charge in [-0.05, 0) is 31.7 Å². The van der Waals surface area contributed by atoms with Crippen LogP contribution in [0.5, 0.6) is 0 Å². The van der Waals surface area contributed by atoms with E-state index in [2.05, 4.69) is 0 Å². The molecule has 1 saturated carbocycles. The minimum atomic E-state index is -3.83. The summed E-state index contributed by atoms with van der Waals surface area (Å²) in [5.74, 6) is -0.482. The van der Waals surface area contributed by atoms with Gasteiger partial charge < -0.3 is 9.30 Å². The standard InChI is InChI=1S/C12H16ClNO4S/c1-2-6-14-8-10(19(13,16)17)7-11(14)12(15)18-9-4-3-5-9/h7-9H,2-6H2,1H3. The van der Waals surface area contributed by atoms with Crippen molar-refractivity contribution in [2.45, 2.75) is 50.2 Å². The van der Waals surface area contributed by atoms with Crippen LogP contribution < -0.4 is 0 Å². The molecule has 7 heteroatoms. The van der Waals surface area contributed by atoms with Gasteiger partial charge in [0.05, 0.1) is 0 Å². The first-order valence-electron chi connectivity index (χ1n) is 6.27. The highest BCUT2D eigenvalue weighted by Gasteiger charge is 2.26. The lowest BCUT2D eigenvalue weighted by Gasteiger charge is -2.25. The monoisotopic (exact) mass is 305 g/mol. The molecule has 1 aromatic rings. The molecule has 1 aliphatic rings. The molecule has 0 saturated heterocycles. The summed E-state index contributed by atoms with van der Waals surface area (Å²) in [5.41, 5.74) is 0.243. The lowest BCUT2D eigenvalue weighted by Crippen LogP contribution is -2.26. The number of rotatable bonds is 5. The smallest absolute Gasteiger partial charge is 0.355 e. The molecule has 0 unspecified atom stereocenters. The third kappa shape index (κ3) is 3.30. The molecule has 1 fully saturated rings. The van der Waals surface area contributed by atoms with E-state index >= 15 is 0 Å². The minimum Gasteiger partial charge on any atom is -0.458 e. The van der Waals surface area contributed by atoms with Crippen molar-refractivity contribution in [1.82, 2.24) is 4.57 Å². The summed E-state index contributed by atoms with van der Waals surface area (Å²) in [6.45, 7) is 2.48. The van der Waals surface area contributed by atoms with Gasteiger partial charge in [-0.2, -0.15) is 0 Å². The molecule has 0 amide bonds. The fourth-order valence-corrected chi connectivity index (χ4v) is 2.67. The molecule has 19 heavy (non-hydrogen) atoms. The van der Waals surface area contributed by atoms with Crippen LogP contribution in [0.25, 0.3) is 0 Å². The predicted octanol–water partition coefficient (Wildman–Crippen LogP) is 2.53. The Morgan fingerprint density at radius 3 is 2.68 bits per heavy atom. The Morgan fingerprint density at radius 1 is 1.53 bits per heavy atom. The van der Waals surface area contributed by atoms with E-state index in [4.69, 9.17) is 15.4 Å². The van der Waals surface area contributed by atoms with Crippen LogP contribution in [-0.2, 0) is 20.3 Å². The Balaban J connectivity index is 2.25. The Bertz CT molecular complexity index is 575. The molecule has 0 bridgehead atoms. The Kier molecular flexibility index (Phi) is 4.20. The average Bonchev–Trinajstić information content (AvgIpc) is 2.67. The summed E-state index contributed by atoms with van der Waals surface area (Å²) in [6.07, 6.45) is 4.94. The van der Waals surface area contributed by atoms with E-state index in [1.165, 1.54) is 12.3 Å². The summed E-state index contributed by atoms with van der Waals surface area (Å²) in [4.78, 5) is 11.9. The third-order valence-corrected chi connectivity index (χ3v) is 4.47. The van der Waals surface area contributed by atoms with Crippen molar-refractivity contribution in [1.29, 1.82) is 0 Å². The lowest BCUT2D eigenvalue weighted by molar-refractivity contribution is 0.00786. The van der Waals surface area contributed by atoms with E-state index in [1.54, 1.807) is 4.57 Å². The number of carbonyl (C=O) groups is 1. The summed E-state index contributed by atoms with van der Waals surface area (Å²) >= 11 is 0. The SMILES string of the molecule is CCCn1cc(S(=O)(=O)Cl)cc1C(=O)OC1CCC1. The fraction of sp³-hybridized carbons (Fsp3) is 0.583. The Hall–Kier alpha value is -1.01. The summed E-state index contributed by atoms with van der Waals surface area (Å²) in [7, 11) is 1.47. The van der Waals surface area contributed by atoms with Gasteiger partial charge in [0, 0.05) is 23.4 Å². The molecule has 1 aromatic heterocycles. The number of halogens is 1. The van der Waals surface area contributed by atoms with Crippen LogP contribution in [0.15, 0.2) is 17.2 Å². The van der Waals surface area contributed by atoms with Crippen molar-refractivity contribution < 1.29 is 17.9 Å². The van der Waals surface area contributed by atoms with Crippen LogP contribution in [0.1, 0.15) is 43.1 Å². The minimum absolute atomic E-state index is 0.0338. The van der Waals surface area contributed by atoms with Crippen molar-refractivity contribution in [3.05, 3.63) is 18.0 Å². The van der Waals surface area contributed by atoms with Crippen molar-refractivity contribution >= 4 is 25.7 Å².